The summed E-state index contributed by atoms with van der Waals surface area (Å²) >= 11 is 0. The molecule has 0 aliphatic rings. The van der Waals surface area contributed by atoms with Crippen molar-refractivity contribution in [1.29, 1.82) is 0 Å². The number of benzene rings is 1. The smallest absolute Gasteiger partial charge is 0.254 e. The van der Waals surface area contributed by atoms with Gasteiger partial charge in [-0.25, -0.2) is 9.67 Å². The molecule has 0 spiro atoms. The van der Waals surface area contributed by atoms with Crippen LogP contribution < -0.4 is 10.9 Å². The second kappa shape index (κ2) is 7.77. The molecule has 1 aromatic carbocycles. The van der Waals surface area contributed by atoms with E-state index < -0.39 is 0 Å². The van der Waals surface area contributed by atoms with E-state index in [2.05, 4.69) is 15.4 Å². The van der Waals surface area contributed by atoms with Gasteiger partial charge in [-0.1, -0.05) is 25.1 Å². The minimum Gasteiger partial charge on any atom is -0.350 e. The SMILES string of the molecule is CCc1cc(=O)n(CCNC(=O)c2cnn(-c3ccccc3)c2C)cn1. The third kappa shape index (κ3) is 3.72. The van der Waals surface area contributed by atoms with Crippen molar-refractivity contribution in [2.24, 2.45) is 0 Å². The number of carbonyl (C=O) groups excluding carboxylic acids is 1. The molecule has 2 heterocycles. The maximum absolute atomic E-state index is 12.4. The molecule has 3 rings (SSSR count). The van der Waals surface area contributed by atoms with E-state index in [1.54, 1.807) is 10.9 Å². The molecule has 134 valence electrons. The maximum atomic E-state index is 12.4. The van der Waals surface area contributed by atoms with Crippen LogP contribution in [0.2, 0.25) is 0 Å². The average Bonchev–Trinajstić information content (AvgIpc) is 3.05. The standard InChI is InChI=1S/C19H21N5O2/c1-3-15-11-18(25)23(13-21-15)10-9-20-19(26)17-12-22-24(14(17)2)16-7-5-4-6-8-16/h4-8,11-13H,3,9-10H2,1-2H3,(H,20,26). The summed E-state index contributed by atoms with van der Waals surface area (Å²) in [6, 6.07) is 11.2. The van der Waals surface area contributed by atoms with Crippen molar-refractivity contribution in [2.45, 2.75) is 26.8 Å². The second-order valence-corrected chi connectivity index (χ2v) is 5.91. The van der Waals surface area contributed by atoms with Crippen molar-refractivity contribution in [2.75, 3.05) is 6.54 Å². The van der Waals surface area contributed by atoms with Crippen LogP contribution in [0, 0.1) is 6.92 Å². The number of hydrogen-bond donors (Lipinski definition) is 1. The van der Waals surface area contributed by atoms with Gasteiger partial charge in [0.2, 0.25) is 0 Å². The van der Waals surface area contributed by atoms with Crippen molar-refractivity contribution in [3.8, 4) is 5.69 Å². The number of hydrogen-bond acceptors (Lipinski definition) is 4. The molecule has 26 heavy (non-hydrogen) atoms. The van der Waals surface area contributed by atoms with E-state index in [9.17, 15) is 9.59 Å². The molecular formula is C19H21N5O2. The molecule has 0 saturated carbocycles. The Hall–Kier alpha value is -3.22. The number of aromatic nitrogens is 4. The summed E-state index contributed by atoms with van der Waals surface area (Å²) in [4.78, 5) is 28.6. The summed E-state index contributed by atoms with van der Waals surface area (Å²) < 4.78 is 3.21. The Labute approximate surface area is 151 Å². The van der Waals surface area contributed by atoms with Crippen molar-refractivity contribution in [1.82, 2.24) is 24.6 Å². The van der Waals surface area contributed by atoms with Gasteiger partial charge >= 0.3 is 0 Å². The highest BCUT2D eigenvalue weighted by Crippen LogP contribution is 2.13. The molecule has 0 radical (unpaired) electrons. The fourth-order valence-corrected chi connectivity index (χ4v) is 2.67. The van der Waals surface area contributed by atoms with E-state index in [4.69, 9.17) is 0 Å². The first-order valence-corrected chi connectivity index (χ1v) is 8.53. The Kier molecular flexibility index (Phi) is 5.26. The molecule has 2 aromatic heterocycles. The Morgan fingerprint density at radius 1 is 1.23 bits per heavy atom. The maximum Gasteiger partial charge on any atom is 0.254 e. The number of carbonyl (C=O) groups is 1. The lowest BCUT2D eigenvalue weighted by molar-refractivity contribution is 0.0951. The van der Waals surface area contributed by atoms with E-state index >= 15 is 0 Å². The van der Waals surface area contributed by atoms with Gasteiger partial charge in [-0.2, -0.15) is 5.10 Å². The summed E-state index contributed by atoms with van der Waals surface area (Å²) in [7, 11) is 0. The number of nitrogens with one attached hydrogen (secondary N) is 1. The number of nitrogens with zero attached hydrogens (tertiary/aromatic N) is 4. The lowest BCUT2D eigenvalue weighted by atomic mass is 10.2. The van der Waals surface area contributed by atoms with Crippen LogP contribution in [0.15, 0.2) is 53.7 Å². The highest BCUT2D eigenvalue weighted by Gasteiger charge is 2.14. The van der Waals surface area contributed by atoms with Gasteiger partial charge < -0.3 is 5.32 Å². The Balaban J connectivity index is 1.64. The first-order chi connectivity index (χ1) is 12.6. The van der Waals surface area contributed by atoms with E-state index in [1.807, 2.05) is 44.2 Å². The highest BCUT2D eigenvalue weighted by atomic mass is 16.1. The minimum absolute atomic E-state index is 0.112. The molecule has 0 unspecified atom stereocenters. The molecule has 0 bridgehead atoms. The zero-order valence-corrected chi connectivity index (χ0v) is 14.8. The number of rotatable bonds is 6. The number of para-hydroxylation sites is 1. The van der Waals surface area contributed by atoms with Crippen molar-refractivity contribution in [3.63, 3.8) is 0 Å². The number of aryl methyl sites for hydroxylation is 1. The third-order valence-corrected chi connectivity index (χ3v) is 4.19. The summed E-state index contributed by atoms with van der Waals surface area (Å²) in [5, 5.41) is 7.13. The summed E-state index contributed by atoms with van der Waals surface area (Å²) in [5.41, 5.74) is 2.83. The molecule has 0 saturated heterocycles. The number of amides is 1. The molecule has 1 amide bonds. The summed E-state index contributed by atoms with van der Waals surface area (Å²) in [6.45, 7) is 4.51. The quantitative estimate of drug-likeness (QED) is 0.733. The molecule has 3 aromatic rings. The topological polar surface area (TPSA) is 81.8 Å². The molecule has 7 heteroatoms. The Bertz CT molecular complexity index is 960. The molecule has 1 N–H and O–H groups in total. The molecule has 0 aliphatic carbocycles. The predicted molar refractivity (Wildman–Crippen MR) is 98.5 cm³/mol. The predicted octanol–water partition coefficient (Wildman–Crippen LogP) is 1.73. The van der Waals surface area contributed by atoms with Crippen molar-refractivity contribution < 1.29 is 4.79 Å². The largest absolute Gasteiger partial charge is 0.350 e. The average molecular weight is 351 g/mol. The molecular weight excluding hydrogens is 330 g/mol. The highest BCUT2D eigenvalue weighted by molar-refractivity contribution is 5.95. The van der Waals surface area contributed by atoms with Gasteiger partial charge in [0, 0.05) is 24.8 Å². The van der Waals surface area contributed by atoms with E-state index in [1.165, 1.54) is 17.0 Å². The fourth-order valence-electron chi connectivity index (χ4n) is 2.67. The van der Waals surface area contributed by atoms with Crippen LogP contribution in [0.1, 0.15) is 28.7 Å². The molecule has 0 atom stereocenters. The van der Waals surface area contributed by atoms with Gasteiger partial charge in [0.15, 0.2) is 0 Å². The van der Waals surface area contributed by atoms with E-state index in [0.717, 1.165) is 23.5 Å². The lowest BCUT2D eigenvalue weighted by Gasteiger charge is -2.08. The van der Waals surface area contributed by atoms with Gasteiger partial charge in [-0.15, -0.1) is 0 Å². The first-order valence-electron chi connectivity index (χ1n) is 8.53. The lowest BCUT2D eigenvalue weighted by Crippen LogP contribution is -2.31. The van der Waals surface area contributed by atoms with Gasteiger partial charge in [0.1, 0.15) is 0 Å². The monoisotopic (exact) mass is 351 g/mol. The zero-order chi connectivity index (χ0) is 18.5. The van der Waals surface area contributed by atoms with Crippen LogP contribution in [-0.2, 0) is 13.0 Å². The van der Waals surface area contributed by atoms with E-state index in [0.29, 0.717) is 18.7 Å². The second-order valence-electron chi connectivity index (χ2n) is 5.91. The van der Waals surface area contributed by atoms with Crippen LogP contribution in [-0.4, -0.2) is 31.8 Å². The normalized spacial score (nSPS) is 10.7. The Morgan fingerprint density at radius 2 is 2.00 bits per heavy atom. The Morgan fingerprint density at radius 3 is 2.69 bits per heavy atom. The van der Waals surface area contributed by atoms with Crippen molar-refractivity contribution >= 4 is 5.91 Å². The zero-order valence-electron chi connectivity index (χ0n) is 14.8. The van der Waals surface area contributed by atoms with Crippen LogP contribution in [0.3, 0.4) is 0 Å². The third-order valence-electron chi connectivity index (χ3n) is 4.19. The molecule has 0 aliphatic heterocycles. The van der Waals surface area contributed by atoms with Gasteiger partial charge in [-0.3, -0.25) is 14.2 Å². The fraction of sp³-hybridized carbons (Fsp3) is 0.263. The molecule has 0 fully saturated rings. The van der Waals surface area contributed by atoms with E-state index in [-0.39, 0.29) is 11.5 Å². The summed E-state index contributed by atoms with van der Waals surface area (Å²) in [5.74, 6) is -0.212. The van der Waals surface area contributed by atoms with Crippen molar-refractivity contribution in [3.05, 3.63) is 76.2 Å². The molecule has 7 nitrogen and oxygen atoms in total. The summed E-state index contributed by atoms with van der Waals surface area (Å²) in [6.07, 6.45) is 3.80. The van der Waals surface area contributed by atoms with Crippen LogP contribution >= 0.6 is 0 Å². The van der Waals surface area contributed by atoms with Gasteiger partial charge in [0.05, 0.1) is 29.5 Å². The van der Waals surface area contributed by atoms with Crippen LogP contribution in [0.4, 0.5) is 0 Å². The minimum atomic E-state index is -0.212. The van der Waals surface area contributed by atoms with Gasteiger partial charge in [-0.05, 0) is 25.5 Å². The van der Waals surface area contributed by atoms with Crippen LogP contribution in [0.5, 0.6) is 0 Å². The van der Waals surface area contributed by atoms with Crippen LogP contribution in [0.25, 0.3) is 5.69 Å². The van der Waals surface area contributed by atoms with Gasteiger partial charge in [0.25, 0.3) is 11.5 Å². The first kappa shape index (κ1) is 17.6.